The second kappa shape index (κ2) is 1.70. The average molecular weight is 128 g/mol. The summed E-state index contributed by atoms with van der Waals surface area (Å²) in [5, 5.41) is 8.95. The second-order valence-electron chi connectivity index (χ2n) is 3.30. The van der Waals surface area contributed by atoms with E-state index in [0.717, 1.165) is 13.0 Å². The van der Waals surface area contributed by atoms with Crippen LogP contribution in [0.5, 0.6) is 0 Å². The molecule has 1 aliphatic heterocycles. The third-order valence-corrected chi connectivity index (χ3v) is 2.46. The molecule has 2 rings (SSSR count). The van der Waals surface area contributed by atoms with E-state index in [1.165, 1.54) is 19.3 Å². The number of aliphatic hydroxyl groups excluding tert-OH is 1. The van der Waals surface area contributed by atoms with Gasteiger partial charge in [-0.3, -0.25) is 0 Å². The van der Waals surface area contributed by atoms with Crippen LogP contribution in [0.25, 0.3) is 0 Å². The Bertz CT molecular complexity index is 108. The molecule has 1 heterocycles. The number of hydrogen-bond acceptors (Lipinski definition) is 2. The molecular weight excluding hydrogens is 116 g/mol. The third-order valence-electron chi connectivity index (χ3n) is 2.46. The molecule has 2 fully saturated rings. The topological polar surface area (TPSA) is 29.5 Å². The van der Waals surface area contributed by atoms with Crippen LogP contribution in [0, 0.1) is 5.41 Å². The van der Waals surface area contributed by atoms with E-state index in [9.17, 15) is 0 Å². The summed E-state index contributed by atoms with van der Waals surface area (Å²) >= 11 is 0. The lowest BCUT2D eigenvalue weighted by Crippen LogP contribution is -2.26. The van der Waals surface area contributed by atoms with Crippen molar-refractivity contribution >= 4 is 0 Å². The Morgan fingerprint density at radius 1 is 1.33 bits per heavy atom. The van der Waals surface area contributed by atoms with E-state index in [-0.39, 0.29) is 0 Å². The molecule has 52 valence electrons. The maximum absolute atomic E-state index is 8.95. The molecule has 1 aliphatic carbocycles. The summed E-state index contributed by atoms with van der Waals surface area (Å²) in [5.41, 5.74) is 0.527. The van der Waals surface area contributed by atoms with Crippen molar-refractivity contribution in [3.63, 3.8) is 0 Å². The zero-order chi connectivity index (χ0) is 6.32. The third kappa shape index (κ3) is 0.970. The standard InChI is InChI=1S/C7H12O2/c8-6-1-2-7(3-4-7)5-9-6/h6,8H,1-5H2/t6-/m1/s1. The van der Waals surface area contributed by atoms with E-state index in [1.807, 2.05) is 0 Å². The van der Waals surface area contributed by atoms with Gasteiger partial charge < -0.3 is 9.84 Å². The van der Waals surface area contributed by atoms with Gasteiger partial charge in [0.1, 0.15) is 0 Å². The summed E-state index contributed by atoms with van der Waals surface area (Å²) < 4.78 is 5.11. The maximum Gasteiger partial charge on any atom is 0.154 e. The predicted molar refractivity (Wildman–Crippen MR) is 32.9 cm³/mol. The van der Waals surface area contributed by atoms with Crippen LogP contribution in [0.15, 0.2) is 0 Å². The summed E-state index contributed by atoms with van der Waals surface area (Å²) in [4.78, 5) is 0. The number of rotatable bonds is 0. The Morgan fingerprint density at radius 2 is 2.11 bits per heavy atom. The van der Waals surface area contributed by atoms with Crippen LogP contribution in [-0.4, -0.2) is 18.0 Å². The first-order valence-electron chi connectivity index (χ1n) is 3.61. The van der Waals surface area contributed by atoms with Gasteiger partial charge in [0.25, 0.3) is 0 Å². The van der Waals surface area contributed by atoms with Crippen LogP contribution < -0.4 is 0 Å². The van der Waals surface area contributed by atoms with Crippen LogP contribution >= 0.6 is 0 Å². The molecule has 0 aromatic heterocycles. The van der Waals surface area contributed by atoms with E-state index in [4.69, 9.17) is 9.84 Å². The van der Waals surface area contributed by atoms with Crippen molar-refractivity contribution in [1.82, 2.24) is 0 Å². The van der Waals surface area contributed by atoms with Gasteiger partial charge in [0.05, 0.1) is 6.61 Å². The molecule has 1 N–H and O–H groups in total. The molecular formula is C7H12O2. The Labute approximate surface area is 54.8 Å². The highest BCUT2D eigenvalue weighted by molar-refractivity contribution is 4.94. The van der Waals surface area contributed by atoms with Crippen LogP contribution in [0.2, 0.25) is 0 Å². The molecule has 9 heavy (non-hydrogen) atoms. The largest absolute Gasteiger partial charge is 0.368 e. The highest BCUT2D eigenvalue weighted by Gasteiger charge is 2.45. The molecule has 2 heteroatoms. The smallest absolute Gasteiger partial charge is 0.154 e. The Balaban J connectivity index is 1.91. The highest BCUT2D eigenvalue weighted by Crippen LogP contribution is 2.52. The monoisotopic (exact) mass is 128 g/mol. The fourth-order valence-corrected chi connectivity index (χ4v) is 1.43. The number of ether oxygens (including phenoxy) is 1. The van der Waals surface area contributed by atoms with Gasteiger partial charge in [-0.15, -0.1) is 0 Å². The van der Waals surface area contributed by atoms with Crippen molar-refractivity contribution in [3.8, 4) is 0 Å². The Hall–Kier alpha value is -0.0800. The first kappa shape index (κ1) is 5.69. The number of aliphatic hydroxyl groups is 1. The fourth-order valence-electron chi connectivity index (χ4n) is 1.43. The molecule has 1 saturated heterocycles. The molecule has 0 amide bonds. The van der Waals surface area contributed by atoms with Gasteiger partial charge in [-0.05, 0) is 31.1 Å². The van der Waals surface area contributed by atoms with Gasteiger partial charge in [0.2, 0.25) is 0 Å². The minimum absolute atomic E-state index is 0.462. The second-order valence-corrected chi connectivity index (χ2v) is 3.30. The van der Waals surface area contributed by atoms with Gasteiger partial charge in [0.15, 0.2) is 6.29 Å². The molecule has 1 saturated carbocycles. The lowest BCUT2D eigenvalue weighted by atomic mass is 9.99. The molecule has 2 aliphatic rings. The zero-order valence-corrected chi connectivity index (χ0v) is 5.47. The van der Waals surface area contributed by atoms with Gasteiger partial charge in [-0.2, -0.15) is 0 Å². The van der Waals surface area contributed by atoms with Crippen LogP contribution in [-0.2, 0) is 4.74 Å². The van der Waals surface area contributed by atoms with E-state index in [2.05, 4.69) is 0 Å². The van der Waals surface area contributed by atoms with Crippen molar-refractivity contribution in [3.05, 3.63) is 0 Å². The van der Waals surface area contributed by atoms with Crippen molar-refractivity contribution in [1.29, 1.82) is 0 Å². The van der Waals surface area contributed by atoms with Gasteiger partial charge >= 0.3 is 0 Å². The molecule has 0 aromatic rings. The summed E-state index contributed by atoms with van der Waals surface area (Å²) in [7, 11) is 0. The zero-order valence-electron chi connectivity index (χ0n) is 5.47. The highest BCUT2D eigenvalue weighted by atomic mass is 16.6. The molecule has 1 spiro atoms. The van der Waals surface area contributed by atoms with Crippen LogP contribution in [0.1, 0.15) is 25.7 Å². The van der Waals surface area contributed by atoms with E-state index >= 15 is 0 Å². The molecule has 0 aromatic carbocycles. The van der Waals surface area contributed by atoms with Gasteiger partial charge in [0, 0.05) is 0 Å². The SMILES string of the molecule is O[C@H]1CCC2(CC2)CO1. The molecule has 1 atom stereocenters. The number of hydrogen-bond donors (Lipinski definition) is 1. The van der Waals surface area contributed by atoms with Crippen molar-refractivity contribution in [2.24, 2.45) is 5.41 Å². The van der Waals surface area contributed by atoms with Crippen molar-refractivity contribution < 1.29 is 9.84 Å². The van der Waals surface area contributed by atoms with Gasteiger partial charge in [-0.25, -0.2) is 0 Å². The summed E-state index contributed by atoms with van der Waals surface area (Å²) in [6.45, 7) is 0.800. The minimum Gasteiger partial charge on any atom is -0.368 e. The predicted octanol–water partition coefficient (Wildman–Crippen LogP) is 0.895. The van der Waals surface area contributed by atoms with Crippen molar-refractivity contribution in [2.45, 2.75) is 32.0 Å². The molecule has 0 unspecified atom stereocenters. The Morgan fingerprint density at radius 3 is 2.56 bits per heavy atom. The lowest BCUT2D eigenvalue weighted by molar-refractivity contribution is -0.145. The maximum atomic E-state index is 8.95. The molecule has 2 nitrogen and oxygen atoms in total. The van der Waals surface area contributed by atoms with E-state index < -0.39 is 6.29 Å². The summed E-state index contributed by atoms with van der Waals surface area (Å²) in [6, 6.07) is 0. The summed E-state index contributed by atoms with van der Waals surface area (Å²) in [5.74, 6) is 0. The minimum atomic E-state index is -0.462. The normalized spacial score (nSPS) is 39.0. The molecule has 0 radical (unpaired) electrons. The summed E-state index contributed by atoms with van der Waals surface area (Å²) in [6.07, 6.45) is 4.20. The average Bonchev–Trinajstić information content (AvgIpc) is 2.60. The van der Waals surface area contributed by atoms with E-state index in [1.54, 1.807) is 0 Å². The molecule has 0 bridgehead atoms. The van der Waals surface area contributed by atoms with Crippen LogP contribution in [0.3, 0.4) is 0 Å². The quantitative estimate of drug-likeness (QED) is 0.525. The Kier molecular flexibility index (Phi) is 1.08. The first-order chi connectivity index (χ1) is 4.31. The van der Waals surface area contributed by atoms with Crippen LogP contribution in [0.4, 0.5) is 0 Å². The first-order valence-corrected chi connectivity index (χ1v) is 3.61. The lowest BCUT2D eigenvalue weighted by Gasteiger charge is -2.25. The van der Waals surface area contributed by atoms with E-state index in [0.29, 0.717) is 5.41 Å². The van der Waals surface area contributed by atoms with Crippen molar-refractivity contribution in [2.75, 3.05) is 6.61 Å². The van der Waals surface area contributed by atoms with Gasteiger partial charge in [-0.1, -0.05) is 0 Å². The fraction of sp³-hybridized carbons (Fsp3) is 1.00.